The van der Waals surface area contributed by atoms with Gasteiger partial charge in [-0.2, -0.15) is 0 Å². The van der Waals surface area contributed by atoms with Crippen LogP contribution in [-0.2, 0) is 13.1 Å². The van der Waals surface area contributed by atoms with Gasteiger partial charge in [0.15, 0.2) is 11.5 Å². The molecule has 2 aromatic heterocycles. The van der Waals surface area contributed by atoms with E-state index in [1.165, 1.54) is 6.07 Å². The van der Waals surface area contributed by atoms with Crippen molar-refractivity contribution in [1.29, 1.82) is 0 Å². The highest BCUT2D eigenvalue weighted by Gasteiger charge is 2.17. The number of ether oxygens (including phenoxy) is 2. The van der Waals surface area contributed by atoms with E-state index in [4.69, 9.17) is 14.0 Å². The van der Waals surface area contributed by atoms with Crippen LogP contribution in [0.4, 0.5) is 0 Å². The molecule has 4 rings (SSSR count). The molecule has 0 aliphatic rings. The third kappa shape index (κ3) is 5.12. The molecule has 0 fully saturated rings. The lowest BCUT2D eigenvalue weighted by Crippen LogP contribution is -2.23. The van der Waals surface area contributed by atoms with Crippen molar-refractivity contribution in [2.24, 2.45) is 0 Å². The van der Waals surface area contributed by atoms with E-state index in [1.807, 2.05) is 30.3 Å². The maximum atomic E-state index is 12.6. The molecule has 0 bridgehead atoms. The minimum Gasteiger partial charge on any atom is -0.497 e. The van der Waals surface area contributed by atoms with Gasteiger partial charge >= 0.3 is 0 Å². The van der Waals surface area contributed by atoms with Gasteiger partial charge in [-0.1, -0.05) is 35.5 Å². The lowest BCUT2D eigenvalue weighted by atomic mass is 10.1. The molecule has 0 atom stereocenters. The molecule has 168 valence electrons. The first-order valence-corrected chi connectivity index (χ1v) is 10.3. The van der Waals surface area contributed by atoms with Gasteiger partial charge in [0.2, 0.25) is 0 Å². The molecule has 33 heavy (non-hydrogen) atoms. The standard InChI is InChI=1S/C25H23N3O5/c1-31-19-10-11-22(32-2)20(13-19)23-14-21(27-33-23)25(30)26-15-17-6-8-18(9-7-17)16-28-12-4-3-5-24(28)29/h3-14H,15-16H2,1-2H3,(H,26,30). The lowest BCUT2D eigenvalue weighted by Gasteiger charge is -2.07. The Morgan fingerprint density at radius 3 is 2.52 bits per heavy atom. The second-order valence-electron chi connectivity index (χ2n) is 7.31. The monoisotopic (exact) mass is 445 g/mol. The van der Waals surface area contributed by atoms with Gasteiger partial charge in [-0.3, -0.25) is 9.59 Å². The first-order chi connectivity index (χ1) is 16.1. The van der Waals surface area contributed by atoms with E-state index in [2.05, 4.69) is 10.5 Å². The summed E-state index contributed by atoms with van der Waals surface area (Å²) in [6.45, 7) is 0.816. The van der Waals surface area contributed by atoms with E-state index in [9.17, 15) is 9.59 Å². The predicted octanol–water partition coefficient (Wildman–Crippen LogP) is 3.50. The Bertz CT molecular complexity index is 1310. The van der Waals surface area contributed by atoms with Gasteiger partial charge in [0.05, 0.1) is 26.3 Å². The van der Waals surface area contributed by atoms with Crippen LogP contribution in [-0.4, -0.2) is 29.9 Å². The third-order valence-corrected chi connectivity index (χ3v) is 5.14. The number of hydrogen-bond donors (Lipinski definition) is 1. The van der Waals surface area contributed by atoms with Crippen LogP contribution in [0.2, 0.25) is 0 Å². The topological polar surface area (TPSA) is 95.6 Å². The van der Waals surface area contributed by atoms with E-state index >= 15 is 0 Å². The Hall–Kier alpha value is -4.33. The first-order valence-electron chi connectivity index (χ1n) is 10.3. The number of carbonyl (C=O) groups is 1. The second-order valence-corrected chi connectivity index (χ2v) is 7.31. The van der Waals surface area contributed by atoms with Crippen molar-refractivity contribution in [1.82, 2.24) is 15.0 Å². The molecule has 8 heteroatoms. The Morgan fingerprint density at radius 1 is 1.00 bits per heavy atom. The van der Waals surface area contributed by atoms with Crippen molar-refractivity contribution in [2.75, 3.05) is 14.2 Å². The zero-order valence-electron chi connectivity index (χ0n) is 18.3. The summed E-state index contributed by atoms with van der Waals surface area (Å²) >= 11 is 0. The molecular formula is C25H23N3O5. The van der Waals surface area contributed by atoms with Gasteiger partial charge in [-0.05, 0) is 35.4 Å². The summed E-state index contributed by atoms with van der Waals surface area (Å²) in [6, 6.07) is 19.6. The van der Waals surface area contributed by atoms with Gasteiger partial charge in [-0.25, -0.2) is 0 Å². The molecule has 0 spiro atoms. The number of hydrogen-bond acceptors (Lipinski definition) is 6. The van der Waals surface area contributed by atoms with Crippen LogP contribution in [0.1, 0.15) is 21.6 Å². The van der Waals surface area contributed by atoms with Crippen molar-refractivity contribution in [3.05, 3.63) is 100 Å². The number of nitrogens with one attached hydrogen (secondary N) is 1. The molecule has 1 N–H and O–H groups in total. The maximum Gasteiger partial charge on any atom is 0.273 e. The molecule has 2 aromatic carbocycles. The number of methoxy groups -OCH3 is 2. The van der Waals surface area contributed by atoms with Crippen LogP contribution in [0.25, 0.3) is 11.3 Å². The Labute approximate surface area is 190 Å². The number of nitrogens with zero attached hydrogens (tertiary/aromatic N) is 2. The highest BCUT2D eigenvalue weighted by molar-refractivity contribution is 5.93. The second kappa shape index (κ2) is 9.86. The number of aromatic nitrogens is 2. The summed E-state index contributed by atoms with van der Waals surface area (Å²) in [5.41, 5.74) is 2.66. The average Bonchev–Trinajstić information content (AvgIpc) is 3.35. The fourth-order valence-electron chi connectivity index (χ4n) is 3.34. The quantitative estimate of drug-likeness (QED) is 0.446. The molecular weight excluding hydrogens is 422 g/mol. The molecule has 0 saturated heterocycles. The fraction of sp³-hybridized carbons (Fsp3) is 0.160. The molecule has 1 amide bonds. The Kier molecular flexibility index (Phi) is 6.54. The van der Waals surface area contributed by atoms with Crippen molar-refractivity contribution < 1.29 is 18.8 Å². The predicted molar refractivity (Wildman–Crippen MR) is 122 cm³/mol. The molecule has 2 heterocycles. The molecule has 0 unspecified atom stereocenters. The van der Waals surface area contributed by atoms with Crippen molar-refractivity contribution in [3.8, 4) is 22.8 Å². The summed E-state index contributed by atoms with van der Waals surface area (Å²) in [5.74, 6) is 1.26. The van der Waals surface area contributed by atoms with E-state index in [-0.39, 0.29) is 17.2 Å². The molecule has 4 aromatic rings. The minimum absolute atomic E-state index is 0.0487. The SMILES string of the molecule is COc1ccc(OC)c(-c2cc(C(=O)NCc3ccc(Cn4ccccc4=O)cc3)no2)c1. The summed E-state index contributed by atoms with van der Waals surface area (Å²) in [4.78, 5) is 24.4. The van der Waals surface area contributed by atoms with Crippen molar-refractivity contribution >= 4 is 5.91 Å². The zero-order valence-corrected chi connectivity index (χ0v) is 18.3. The number of amides is 1. The van der Waals surface area contributed by atoms with Crippen LogP contribution in [0.3, 0.4) is 0 Å². The van der Waals surface area contributed by atoms with Crippen LogP contribution in [0.5, 0.6) is 11.5 Å². The average molecular weight is 445 g/mol. The number of pyridine rings is 1. The van der Waals surface area contributed by atoms with Gasteiger partial charge < -0.3 is 23.9 Å². The smallest absolute Gasteiger partial charge is 0.273 e. The Morgan fingerprint density at radius 2 is 1.79 bits per heavy atom. The molecule has 0 radical (unpaired) electrons. The fourth-order valence-corrected chi connectivity index (χ4v) is 3.34. The third-order valence-electron chi connectivity index (χ3n) is 5.14. The Balaban J connectivity index is 1.39. The van der Waals surface area contributed by atoms with Gasteiger partial charge in [0.25, 0.3) is 11.5 Å². The molecule has 8 nitrogen and oxygen atoms in total. The van der Waals surface area contributed by atoms with Crippen LogP contribution in [0, 0.1) is 0 Å². The van der Waals surface area contributed by atoms with E-state index in [0.717, 1.165) is 11.1 Å². The largest absolute Gasteiger partial charge is 0.497 e. The van der Waals surface area contributed by atoms with E-state index in [0.29, 0.717) is 35.9 Å². The maximum absolute atomic E-state index is 12.6. The molecule has 0 saturated carbocycles. The van der Waals surface area contributed by atoms with Crippen LogP contribution < -0.4 is 20.3 Å². The zero-order chi connectivity index (χ0) is 23.2. The van der Waals surface area contributed by atoms with Crippen molar-refractivity contribution in [2.45, 2.75) is 13.1 Å². The van der Waals surface area contributed by atoms with Gasteiger partial charge in [0.1, 0.15) is 11.5 Å². The highest BCUT2D eigenvalue weighted by atomic mass is 16.5. The summed E-state index contributed by atoms with van der Waals surface area (Å²) in [5, 5.41) is 6.73. The summed E-state index contributed by atoms with van der Waals surface area (Å²) in [7, 11) is 3.12. The van der Waals surface area contributed by atoms with Crippen LogP contribution >= 0.6 is 0 Å². The van der Waals surface area contributed by atoms with Crippen molar-refractivity contribution in [3.63, 3.8) is 0 Å². The van der Waals surface area contributed by atoms with E-state index in [1.54, 1.807) is 55.3 Å². The number of benzene rings is 2. The molecule has 0 aliphatic heterocycles. The van der Waals surface area contributed by atoms with E-state index < -0.39 is 0 Å². The van der Waals surface area contributed by atoms with Gasteiger partial charge in [0, 0.05) is 24.9 Å². The van der Waals surface area contributed by atoms with Gasteiger partial charge in [-0.15, -0.1) is 0 Å². The summed E-state index contributed by atoms with van der Waals surface area (Å²) < 4.78 is 17.6. The summed E-state index contributed by atoms with van der Waals surface area (Å²) in [6.07, 6.45) is 1.75. The number of rotatable bonds is 8. The number of carbonyl (C=O) groups excluding carboxylic acids is 1. The minimum atomic E-state index is -0.355. The molecule has 0 aliphatic carbocycles. The van der Waals surface area contributed by atoms with Crippen LogP contribution in [0.15, 0.2) is 82.2 Å². The normalized spacial score (nSPS) is 10.6. The lowest BCUT2D eigenvalue weighted by molar-refractivity contribution is 0.0942. The highest BCUT2D eigenvalue weighted by Crippen LogP contribution is 2.33. The first kappa shape index (κ1) is 21.9.